The summed E-state index contributed by atoms with van der Waals surface area (Å²) >= 11 is 1.44. The number of carbonyl (C=O) groups is 1. The molecule has 0 atom stereocenters. The molecule has 166 valence electrons. The molecule has 0 unspecified atom stereocenters. The SMILES string of the molecule is O=C(CCN1CCN(Cc2ccc([N+](=O)[O-])cc2)CC1)Nc1nc(-c2ccccc2)cs1. The number of amides is 1. The van der Waals surface area contributed by atoms with Crippen LogP contribution in [0.4, 0.5) is 10.8 Å². The number of hydrogen-bond acceptors (Lipinski definition) is 7. The van der Waals surface area contributed by atoms with Gasteiger partial charge in [0.15, 0.2) is 5.13 Å². The molecule has 1 fully saturated rings. The van der Waals surface area contributed by atoms with E-state index in [4.69, 9.17) is 0 Å². The molecule has 0 radical (unpaired) electrons. The van der Waals surface area contributed by atoms with Crippen LogP contribution in [-0.2, 0) is 11.3 Å². The van der Waals surface area contributed by atoms with Crippen LogP contribution in [0.25, 0.3) is 11.3 Å². The van der Waals surface area contributed by atoms with Gasteiger partial charge in [-0.2, -0.15) is 0 Å². The summed E-state index contributed by atoms with van der Waals surface area (Å²) in [6, 6.07) is 16.6. The van der Waals surface area contributed by atoms with Gasteiger partial charge in [0.2, 0.25) is 5.91 Å². The van der Waals surface area contributed by atoms with Crippen molar-refractivity contribution in [1.29, 1.82) is 0 Å². The van der Waals surface area contributed by atoms with Crippen molar-refractivity contribution >= 4 is 28.1 Å². The van der Waals surface area contributed by atoms with Crippen LogP contribution in [0.1, 0.15) is 12.0 Å². The second kappa shape index (κ2) is 10.4. The molecule has 32 heavy (non-hydrogen) atoms. The highest BCUT2D eigenvalue weighted by molar-refractivity contribution is 7.14. The van der Waals surface area contributed by atoms with Crippen molar-refractivity contribution in [3.63, 3.8) is 0 Å². The number of anilines is 1. The first-order chi connectivity index (χ1) is 15.6. The molecule has 2 heterocycles. The molecule has 9 heteroatoms. The zero-order chi connectivity index (χ0) is 22.3. The summed E-state index contributed by atoms with van der Waals surface area (Å²) in [5.74, 6) is -0.0210. The Morgan fingerprint density at radius 2 is 1.72 bits per heavy atom. The average molecular weight is 452 g/mol. The van der Waals surface area contributed by atoms with Crippen LogP contribution in [0.15, 0.2) is 60.0 Å². The fourth-order valence-corrected chi connectivity index (χ4v) is 4.40. The third kappa shape index (κ3) is 5.97. The van der Waals surface area contributed by atoms with E-state index in [1.807, 2.05) is 47.8 Å². The lowest BCUT2D eigenvalue weighted by Crippen LogP contribution is -2.46. The summed E-state index contributed by atoms with van der Waals surface area (Å²) in [5, 5.41) is 16.3. The molecule has 1 N–H and O–H groups in total. The van der Waals surface area contributed by atoms with Gasteiger partial charge in [-0.1, -0.05) is 42.5 Å². The van der Waals surface area contributed by atoms with E-state index in [-0.39, 0.29) is 16.5 Å². The van der Waals surface area contributed by atoms with Crippen molar-refractivity contribution < 1.29 is 9.72 Å². The second-order valence-electron chi connectivity index (χ2n) is 7.74. The van der Waals surface area contributed by atoms with Crippen LogP contribution in [0.2, 0.25) is 0 Å². The highest BCUT2D eigenvalue weighted by Crippen LogP contribution is 2.24. The Morgan fingerprint density at radius 3 is 2.41 bits per heavy atom. The number of nitro groups is 1. The molecule has 0 saturated carbocycles. The zero-order valence-corrected chi connectivity index (χ0v) is 18.5. The molecule has 0 aliphatic carbocycles. The van der Waals surface area contributed by atoms with E-state index in [1.54, 1.807) is 12.1 Å². The molecule has 1 saturated heterocycles. The summed E-state index contributed by atoms with van der Waals surface area (Å²) in [7, 11) is 0. The lowest BCUT2D eigenvalue weighted by molar-refractivity contribution is -0.384. The largest absolute Gasteiger partial charge is 0.302 e. The van der Waals surface area contributed by atoms with Crippen molar-refractivity contribution in [2.45, 2.75) is 13.0 Å². The Balaban J connectivity index is 1.17. The third-order valence-electron chi connectivity index (χ3n) is 5.49. The van der Waals surface area contributed by atoms with Gasteiger partial charge in [0, 0.05) is 68.8 Å². The zero-order valence-electron chi connectivity index (χ0n) is 17.6. The van der Waals surface area contributed by atoms with Crippen molar-refractivity contribution in [2.75, 3.05) is 38.0 Å². The molecule has 2 aromatic carbocycles. The molecule has 8 nitrogen and oxygen atoms in total. The molecular formula is C23H25N5O3S. The Bertz CT molecular complexity index is 1050. The van der Waals surface area contributed by atoms with Crippen LogP contribution < -0.4 is 5.32 Å². The van der Waals surface area contributed by atoms with Gasteiger partial charge in [-0.3, -0.25) is 19.8 Å². The van der Waals surface area contributed by atoms with Gasteiger partial charge in [-0.25, -0.2) is 4.98 Å². The predicted octanol–water partition coefficient (Wildman–Crippen LogP) is 3.86. The highest BCUT2D eigenvalue weighted by Gasteiger charge is 2.18. The number of nitrogens with zero attached hydrogens (tertiary/aromatic N) is 4. The lowest BCUT2D eigenvalue weighted by atomic mass is 10.2. The van der Waals surface area contributed by atoms with Crippen LogP contribution in [0.5, 0.6) is 0 Å². The lowest BCUT2D eigenvalue weighted by Gasteiger charge is -2.34. The van der Waals surface area contributed by atoms with E-state index in [0.29, 0.717) is 18.1 Å². The number of aromatic nitrogens is 1. The number of hydrogen-bond donors (Lipinski definition) is 1. The molecular weight excluding hydrogens is 426 g/mol. The van der Waals surface area contributed by atoms with Crippen LogP contribution in [0, 0.1) is 10.1 Å². The van der Waals surface area contributed by atoms with Crippen LogP contribution in [0.3, 0.4) is 0 Å². The summed E-state index contributed by atoms with van der Waals surface area (Å²) in [6.07, 6.45) is 0.433. The molecule has 1 aromatic heterocycles. The molecule has 0 spiro atoms. The van der Waals surface area contributed by atoms with Crippen molar-refractivity contribution in [2.24, 2.45) is 0 Å². The van der Waals surface area contributed by atoms with Gasteiger partial charge in [0.1, 0.15) is 0 Å². The first-order valence-electron chi connectivity index (χ1n) is 10.6. The van der Waals surface area contributed by atoms with Crippen LogP contribution >= 0.6 is 11.3 Å². The maximum atomic E-state index is 12.4. The summed E-state index contributed by atoms with van der Waals surface area (Å²) < 4.78 is 0. The third-order valence-corrected chi connectivity index (χ3v) is 6.25. The number of nitro benzene ring substituents is 1. The molecule has 1 aliphatic heterocycles. The fourth-order valence-electron chi connectivity index (χ4n) is 3.67. The minimum Gasteiger partial charge on any atom is -0.302 e. The monoisotopic (exact) mass is 451 g/mol. The Morgan fingerprint density at radius 1 is 1.03 bits per heavy atom. The summed E-state index contributed by atoms with van der Waals surface area (Å²) in [6.45, 7) is 5.11. The minimum atomic E-state index is -0.380. The van der Waals surface area contributed by atoms with Crippen molar-refractivity contribution in [3.8, 4) is 11.3 Å². The number of benzene rings is 2. The van der Waals surface area contributed by atoms with E-state index < -0.39 is 0 Å². The standard InChI is InChI=1S/C23H25N5O3S/c29-22(25-23-24-21(17-32-23)19-4-2-1-3-5-19)10-11-26-12-14-27(15-13-26)16-18-6-8-20(9-7-18)28(30)31/h1-9,17H,10-16H2,(H,24,25,29). The van der Waals surface area contributed by atoms with Crippen LogP contribution in [-0.4, -0.2) is 58.3 Å². The van der Waals surface area contributed by atoms with E-state index in [9.17, 15) is 14.9 Å². The predicted molar refractivity (Wildman–Crippen MR) is 126 cm³/mol. The minimum absolute atomic E-state index is 0.0210. The van der Waals surface area contributed by atoms with E-state index in [1.165, 1.54) is 11.3 Å². The van der Waals surface area contributed by atoms with Gasteiger partial charge in [0.25, 0.3) is 5.69 Å². The smallest absolute Gasteiger partial charge is 0.269 e. The fraction of sp³-hybridized carbons (Fsp3) is 0.304. The van der Waals surface area contributed by atoms with Crippen molar-refractivity contribution in [1.82, 2.24) is 14.8 Å². The number of thiazole rings is 1. The van der Waals surface area contributed by atoms with Crippen molar-refractivity contribution in [3.05, 3.63) is 75.7 Å². The van der Waals surface area contributed by atoms with E-state index in [0.717, 1.165) is 49.5 Å². The topological polar surface area (TPSA) is 91.6 Å². The second-order valence-corrected chi connectivity index (χ2v) is 8.60. The Kier molecular flexibility index (Phi) is 7.21. The van der Waals surface area contributed by atoms with Gasteiger partial charge >= 0.3 is 0 Å². The number of rotatable bonds is 8. The number of carbonyl (C=O) groups excluding carboxylic acids is 1. The highest BCUT2D eigenvalue weighted by atomic mass is 32.1. The number of non-ortho nitro benzene ring substituents is 1. The molecule has 1 aliphatic rings. The summed E-state index contributed by atoms with van der Waals surface area (Å²) in [4.78, 5) is 31.9. The van der Waals surface area contributed by atoms with E-state index in [2.05, 4.69) is 20.1 Å². The molecule has 3 aromatic rings. The number of nitrogens with one attached hydrogen (secondary N) is 1. The number of piperazine rings is 1. The average Bonchev–Trinajstić information content (AvgIpc) is 3.28. The first-order valence-corrected chi connectivity index (χ1v) is 11.4. The van der Waals surface area contributed by atoms with Gasteiger partial charge < -0.3 is 10.2 Å². The maximum absolute atomic E-state index is 12.4. The van der Waals surface area contributed by atoms with Gasteiger partial charge in [-0.15, -0.1) is 11.3 Å². The normalized spacial score (nSPS) is 14.9. The first kappa shape index (κ1) is 22.1. The van der Waals surface area contributed by atoms with Gasteiger partial charge in [0.05, 0.1) is 10.6 Å². The molecule has 0 bridgehead atoms. The summed E-state index contributed by atoms with van der Waals surface area (Å²) in [5.41, 5.74) is 3.10. The van der Waals surface area contributed by atoms with E-state index >= 15 is 0 Å². The molecule has 4 rings (SSSR count). The Labute approximate surface area is 190 Å². The maximum Gasteiger partial charge on any atom is 0.269 e. The molecule has 1 amide bonds. The Hall–Kier alpha value is -3.14. The quantitative estimate of drug-likeness (QED) is 0.413. The van der Waals surface area contributed by atoms with Gasteiger partial charge in [-0.05, 0) is 5.56 Å².